The van der Waals surface area contributed by atoms with Gasteiger partial charge in [-0.05, 0) is 94.4 Å². The zero-order valence-electron chi connectivity index (χ0n) is 17.1. The van der Waals surface area contributed by atoms with Crippen LogP contribution in [-0.4, -0.2) is 25.7 Å². The van der Waals surface area contributed by atoms with Crippen LogP contribution < -0.4 is 4.18 Å². The van der Waals surface area contributed by atoms with Gasteiger partial charge in [-0.2, -0.15) is 8.42 Å². The van der Waals surface area contributed by atoms with E-state index < -0.39 is 16.6 Å². The second-order valence-corrected chi connectivity index (χ2v) is 11.4. The predicted molar refractivity (Wildman–Crippen MR) is 114 cm³/mol. The second-order valence-electron chi connectivity index (χ2n) is 9.57. The molecule has 160 valence electrons. The average molecular weight is 439 g/mol. The SMILES string of the molecule is CC(C)(OC(=O)CCSc1ccc(O[SH](=O)=O)cc1)C12CC3CC(CC(C3)C1)C2. The Labute approximate surface area is 179 Å². The summed E-state index contributed by atoms with van der Waals surface area (Å²) < 4.78 is 31.9. The largest absolute Gasteiger partial charge is 0.459 e. The van der Waals surface area contributed by atoms with Crippen molar-refractivity contribution >= 4 is 28.7 Å². The first-order valence-electron chi connectivity index (χ1n) is 10.5. The molecule has 5 rings (SSSR count). The van der Waals surface area contributed by atoms with Crippen molar-refractivity contribution in [2.45, 2.75) is 69.3 Å². The van der Waals surface area contributed by atoms with E-state index in [2.05, 4.69) is 18.0 Å². The van der Waals surface area contributed by atoms with Crippen LogP contribution in [0.5, 0.6) is 5.75 Å². The van der Waals surface area contributed by atoms with Crippen molar-refractivity contribution in [3.63, 3.8) is 0 Å². The summed E-state index contributed by atoms with van der Waals surface area (Å²) in [6.45, 7) is 4.26. The Bertz CT molecular complexity index is 785. The van der Waals surface area contributed by atoms with Crippen LogP contribution in [0.15, 0.2) is 29.2 Å². The molecule has 0 aromatic heterocycles. The van der Waals surface area contributed by atoms with Gasteiger partial charge >= 0.3 is 5.97 Å². The van der Waals surface area contributed by atoms with E-state index in [0.29, 0.717) is 17.9 Å². The maximum Gasteiger partial charge on any atom is 0.307 e. The Hall–Kier alpha value is -1.21. The van der Waals surface area contributed by atoms with Gasteiger partial charge in [0.2, 0.25) is 0 Å². The van der Waals surface area contributed by atoms with Crippen molar-refractivity contribution in [2.75, 3.05) is 5.75 Å². The third-order valence-electron chi connectivity index (χ3n) is 7.26. The Balaban J connectivity index is 1.28. The van der Waals surface area contributed by atoms with Crippen molar-refractivity contribution in [2.24, 2.45) is 23.2 Å². The first-order chi connectivity index (χ1) is 13.7. The predicted octanol–water partition coefficient (Wildman–Crippen LogP) is 4.61. The van der Waals surface area contributed by atoms with E-state index in [1.54, 1.807) is 36.0 Å². The monoisotopic (exact) mass is 438 g/mol. The molecule has 0 radical (unpaired) electrons. The number of carbonyl (C=O) groups is 1. The summed E-state index contributed by atoms with van der Waals surface area (Å²) in [7, 11) is -2.90. The van der Waals surface area contributed by atoms with Gasteiger partial charge in [-0.1, -0.05) is 0 Å². The minimum absolute atomic E-state index is 0.124. The molecule has 4 bridgehead atoms. The lowest BCUT2D eigenvalue weighted by molar-refractivity contribution is -0.198. The summed E-state index contributed by atoms with van der Waals surface area (Å²) >= 11 is 1.55. The number of carbonyl (C=O) groups excluding carboxylic acids is 1. The van der Waals surface area contributed by atoms with Crippen LogP contribution in [-0.2, 0) is 20.5 Å². The summed E-state index contributed by atoms with van der Waals surface area (Å²) in [6.07, 6.45) is 8.18. The normalized spacial score (nSPS) is 30.5. The lowest BCUT2D eigenvalue weighted by Crippen LogP contribution is -2.57. The fourth-order valence-electron chi connectivity index (χ4n) is 6.23. The Morgan fingerprint density at radius 1 is 1.07 bits per heavy atom. The van der Waals surface area contributed by atoms with E-state index in [1.807, 2.05) is 0 Å². The van der Waals surface area contributed by atoms with Crippen LogP contribution in [0.1, 0.15) is 58.8 Å². The van der Waals surface area contributed by atoms with E-state index >= 15 is 0 Å². The molecule has 0 heterocycles. The van der Waals surface area contributed by atoms with Crippen LogP contribution >= 0.6 is 11.8 Å². The van der Waals surface area contributed by atoms with E-state index in [0.717, 1.165) is 22.6 Å². The highest BCUT2D eigenvalue weighted by Gasteiger charge is 2.58. The molecular formula is C22H30O5S2. The van der Waals surface area contributed by atoms with Crippen LogP contribution in [0.25, 0.3) is 0 Å². The molecule has 4 fully saturated rings. The number of thioether (sulfide) groups is 1. The molecule has 4 saturated carbocycles. The maximum atomic E-state index is 12.6. The number of esters is 1. The molecule has 4 aliphatic rings. The zero-order valence-corrected chi connectivity index (χ0v) is 18.8. The summed E-state index contributed by atoms with van der Waals surface area (Å²) in [6, 6.07) is 6.82. The summed E-state index contributed by atoms with van der Waals surface area (Å²) in [5.41, 5.74) is -0.234. The molecule has 5 nitrogen and oxygen atoms in total. The van der Waals surface area contributed by atoms with E-state index in [4.69, 9.17) is 4.74 Å². The van der Waals surface area contributed by atoms with Crippen molar-refractivity contribution in [3.8, 4) is 5.75 Å². The first-order valence-corrected chi connectivity index (χ1v) is 12.6. The molecule has 0 atom stereocenters. The van der Waals surface area contributed by atoms with Crippen LogP contribution in [0.3, 0.4) is 0 Å². The number of hydrogen-bond acceptors (Lipinski definition) is 6. The number of thiol groups is 1. The highest BCUT2D eigenvalue weighted by molar-refractivity contribution is 7.99. The lowest BCUT2D eigenvalue weighted by atomic mass is 9.46. The van der Waals surface area contributed by atoms with Gasteiger partial charge in [-0.15, -0.1) is 11.8 Å². The van der Waals surface area contributed by atoms with Crippen molar-refractivity contribution in [1.29, 1.82) is 0 Å². The van der Waals surface area contributed by atoms with Gasteiger partial charge in [-0.3, -0.25) is 4.79 Å². The van der Waals surface area contributed by atoms with Crippen LogP contribution in [0.2, 0.25) is 0 Å². The standard InChI is InChI=1S/C22H30O5S2/c1-21(2,22-12-15-9-16(13-22)11-17(10-15)14-22)26-20(23)7-8-28-19-5-3-18(4-6-19)27-29(24)25/h3-6,15-17,29H,7-14H2,1-2H3. The Morgan fingerprint density at radius 2 is 1.62 bits per heavy atom. The van der Waals surface area contributed by atoms with Gasteiger partial charge < -0.3 is 8.92 Å². The summed E-state index contributed by atoms with van der Waals surface area (Å²) in [5, 5.41) is 0. The molecule has 0 N–H and O–H groups in total. The molecule has 1 aromatic carbocycles. The highest BCUT2D eigenvalue weighted by atomic mass is 32.2. The van der Waals surface area contributed by atoms with E-state index in [1.165, 1.54) is 38.5 Å². The maximum absolute atomic E-state index is 12.6. The minimum Gasteiger partial charge on any atom is -0.459 e. The van der Waals surface area contributed by atoms with Gasteiger partial charge in [0, 0.05) is 16.1 Å². The van der Waals surface area contributed by atoms with Crippen LogP contribution in [0, 0.1) is 23.2 Å². The number of rotatable bonds is 8. The second kappa shape index (κ2) is 8.14. The molecule has 0 spiro atoms. The van der Waals surface area contributed by atoms with Crippen molar-refractivity contribution < 1.29 is 22.1 Å². The molecule has 0 unspecified atom stereocenters. The molecule has 0 aliphatic heterocycles. The van der Waals surface area contributed by atoms with E-state index in [-0.39, 0.29) is 11.4 Å². The fourth-order valence-corrected chi connectivity index (χ4v) is 7.35. The first kappa shape index (κ1) is 21.0. The molecule has 7 heteroatoms. The molecule has 4 aliphatic carbocycles. The Kier molecular flexibility index (Phi) is 5.90. The molecular weight excluding hydrogens is 408 g/mol. The number of hydrogen-bond donors (Lipinski definition) is 1. The van der Waals surface area contributed by atoms with Gasteiger partial charge in [0.15, 0.2) is 0 Å². The van der Waals surface area contributed by atoms with Gasteiger partial charge in [0.25, 0.3) is 11.0 Å². The number of benzene rings is 1. The third-order valence-corrected chi connectivity index (χ3v) is 8.64. The smallest absolute Gasteiger partial charge is 0.307 e. The quantitative estimate of drug-likeness (QED) is 0.363. The third kappa shape index (κ3) is 4.61. The fraction of sp³-hybridized carbons (Fsp3) is 0.682. The van der Waals surface area contributed by atoms with Gasteiger partial charge in [0.1, 0.15) is 11.4 Å². The van der Waals surface area contributed by atoms with Gasteiger partial charge in [-0.25, -0.2) is 0 Å². The molecule has 0 saturated heterocycles. The van der Waals surface area contributed by atoms with Crippen molar-refractivity contribution in [3.05, 3.63) is 24.3 Å². The molecule has 0 amide bonds. The molecule has 29 heavy (non-hydrogen) atoms. The number of ether oxygens (including phenoxy) is 1. The van der Waals surface area contributed by atoms with Gasteiger partial charge in [0.05, 0.1) is 6.42 Å². The summed E-state index contributed by atoms with van der Waals surface area (Å²) in [5.74, 6) is 3.31. The highest BCUT2D eigenvalue weighted by Crippen LogP contribution is 2.64. The minimum atomic E-state index is -2.90. The van der Waals surface area contributed by atoms with Crippen LogP contribution in [0.4, 0.5) is 0 Å². The average Bonchev–Trinajstić information content (AvgIpc) is 2.61. The topological polar surface area (TPSA) is 69.7 Å². The van der Waals surface area contributed by atoms with Crippen molar-refractivity contribution in [1.82, 2.24) is 0 Å². The molecule has 1 aromatic rings. The van der Waals surface area contributed by atoms with E-state index in [9.17, 15) is 13.2 Å². The lowest BCUT2D eigenvalue weighted by Gasteiger charge is -2.61. The summed E-state index contributed by atoms with van der Waals surface area (Å²) in [4.78, 5) is 13.6. The zero-order chi connectivity index (χ0) is 20.6. The Morgan fingerprint density at radius 3 is 2.14 bits per heavy atom.